The van der Waals surface area contributed by atoms with Crippen LogP contribution in [0.4, 0.5) is 4.39 Å². The Morgan fingerprint density at radius 3 is 2.21 bits per heavy atom. The van der Waals surface area contributed by atoms with Crippen molar-refractivity contribution in [2.24, 2.45) is 5.92 Å². The topological polar surface area (TPSA) is 34.1 Å². The lowest BCUT2D eigenvalue weighted by Crippen LogP contribution is -2.24. The van der Waals surface area contributed by atoms with Crippen LogP contribution in [0, 0.1) is 5.92 Å². The quantitative estimate of drug-likeness (QED) is 0.806. The third-order valence-electron chi connectivity index (χ3n) is 3.53. The summed E-state index contributed by atoms with van der Waals surface area (Å²) in [6.45, 7) is 4.77. The Morgan fingerprint density at radius 2 is 1.68 bits per heavy atom. The Balaban J connectivity index is 2.61. The van der Waals surface area contributed by atoms with Gasteiger partial charge in [0, 0.05) is 28.2 Å². The molecule has 19 heavy (non-hydrogen) atoms. The first-order chi connectivity index (χ1) is 8.99. The summed E-state index contributed by atoms with van der Waals surface area (Å²) >= 11 is 0. The molecule has 0 amide bonds. The van der Waals surface area contributed by atoms with Crippen LogP contribution >= 0.6 is 0 Å². The first kappa shape index (κ1) is 13.4. The van der Waals surface area contributed by atoms with Gasteiger partial charge in [0.2, 0.25) is 0 Å². The van der Waals surface area contributed by atoms with Gasteiger partial charge in [0.1, 0.15) is 5.83 Å². The van der Waals surface area contributed by atoms with Crippen LogP contribution in [-0.2, 0) is 0 Å². The fraction of sp³-hybridized carbons (Fsp3) is 0.250. The molecule has 0 N–H and O–H groups in total. The average molecular weight is 258 g/mol. The number of ketones is 2. The van der Waals surface area contributed by atoms with Crippen LogP contribution in [0.2, 0.25) is 0 Å². The van der Waals surface area contributed by atoms with Gasteiger partial charge >= 0.3 is 0 Å². The molecule has 1 atom stereocenters. The third-order valence-corrected chi connectivity index (χ3v) is 3.53. The van der Waals surface area contributed by atoms with Gasteiger partial charge in [0.15, 0.2) is 11.6 Å². The van der Waals surface area contributed by atoms with E-state index in [0.29, 0.717) is 16.7 Å². The van der Waals surface area contributed by atoms with Gasteiger partial charge in [0.05, 0.1) is 0 Å². The number of carbonyl (C=O) groups excluding carboxylic acids is 2. The van der Waals surface area contributed by atoms with Crippen molar-refractivity contribution in [1.82, 2.24) is 0 Å². The molecular formula is C16H15FO2. The van der Waals surface area contributed by atoms with Gasteiger partial charge in [-0.25, -0.2) is 4.39 Å². The standard InChI is InChI=1S/C16H15FO2/c1-4-13(17)9(2)14-10(3)15(18)11-7-5-6-8-12(11)16(14)19/h4-9H,1-3H3/b13-4+. The number of rotatable bonds is 2. The maximum Gasteiger partial charge on any atom is 0.190 e. The second-order valence-corrected chi connectivity index (χ2v) is 4.64. The van der Waals surface area contributed by atoms with E-state index in [0.717, 1.165) is 0 Å². The highest BCUT2D eigenvalue weighted by molar-refractivity contribution is 6.26. The minimum Gasteiger partial charge on any atom is -0.289 e. The lowest BCUT2D eigenvalue weighted by Gasteiger charge is -2.22. The van der Waals surface area contributed by atoms with Crippen molar-refractivity contribution in [3.05, 3.63) is 58.4 Å². The minimum atomic E-state index is -0.685. The molecular weight excluding hydrogens is 243 g/mol. The number of allylic oxidation sites excluding steroid dienone is 4. The van der Waals surface area contributed by atoms with Crippen molar-refractivity contribution in [2.45, 2.75) is 20.8 Å². The first-order valence-corrected chi connectivity index (χ1v) is 6.20. The minimum absolute atomic E-state index is 0.194. The highest BCUT2D eigenvalue weighted by Gasteiger charge is 2.33. The highest BCUT2D eigenvalue weighted by Crippen LogP contribution is 2.33. The predicted octanol–water partition coefficient (Wildman–Crippen LogP) is 3.89. The van der Waals surface area contributed by atoms with Gasteiger partial charge in [0.25, 0.3) is 0 Å². The number of hydrogen-bond donors (Lipinski definition) is 0. The average Bonchev–Trinajstić information content (AvgIpc) is 2.44. The van der Waals surface area contributed by atoms with E-state index in [1.165, 1.54) is 6.08 Å². The molecule has 0 fully saturated rings. The van der Waals surface area contributed by atoms with E-state index in [9.17, 15) is 14.0 Å². The maximum atomic E-state index is 13.7. The van der Waals surface area contributed by atoms with Gasteiger partial charge in [-0.1, -0.05) is 37.3 Å². The van der Waals surface area contributed by atoms with Crippen LogP contribution in [0.3, 0.4) is 0 Å². The van der Waals surface area contributed by atoms with Crippen LogP contribution in [0.5, 0.6) is 0 Å². The lowest BCUT2D eigenvalue weighted by atomic mass is 9.79. The van der Waals surface area contributed by atoms with Crippen molar-refractivity contribution in [1.29, 1.82) is 0 Å². The van der Waals surface area contributed by atoms with Crippen LogP contribution in [0.1, 0.15) is 41.5 Å². The largest absolute Gasteiger partial charge is 0.289 e. The lowest BCUT2D eigenvalue weighted by molar-refractivity contribution is 0.0967. The SMILES string of the molecule is C/C=C(/F)C(C)C1=C(C)C(=O)c2ccccc2C1=O. The molecule has 1 unspecified atom stereocenters. The summed E-state index contributed by atoms with van der Waals surface area (Å²) in [6.07, 6.45) is 1.32. The van der Waals surface area contributed by atoms with Crippen LogP contribution in [0.25, 0.3) is 0 Å². The highest BCUT2D eigenvalue weighted by atomic mass is 19.1. The van der Waals surface area contributed by atoms with Crippen molar-refractivity contribution in [3.63, 3.8) is 0 Å². The van der Waals surface area contributed by atoms with Gasteiger partial charge in [-0.05, 0) is 13.8 Å². The summed E-state index contributed by atoms with van der Waals surface area (Å²) in [4.78, 5) is 24.7. The maximum absolute atomic E-state index is 13.7. The summed E-state index contributed by atoms with van der Waals surface area (Å²) in [5.41, 5.74) is 1.37. The second kappa shape index (κ2) is 4.92. The smallest absolute Gasteiger partial charge is 0.190 e. The summed E-state index contributed by atoms with van der Waals surface area (Å²) in [6, 6.07) is 6.67. The Bertz CT molecular complexity index is 623. The van der Waals surface area contributed by atoms with E-state index in [4.69, 9.17) is 0 Å². The van der Waals surface area contributed by atoms with E-state index < -0.39 is 11.7 Å². The van der Waals surface area contributed by atoms with Gasteiger partial charge in [-0.15, -0.1) is 0 Å². The number of Topliss-reactive ketones (excluding diaryl/α,β-unsaturated/α-hetero) is 2. The molecule has 1 aliphatic rings. The van der Waals surface area contributed by atoms with Crippen LogP contribution < -0.4 is 0 Å². The molecule has 0 saturated carbocycles. The Kier molecular flexibility index (Phi) is 3.47. The van der Waals surface area contributed by atoms with Crippen LogP contribution in [-0.4, -0.2) is 11.6 Å². The molecule has 98 valence electrons. The van der Waals surface area contributed by atoms with E-state index in [2.05, 4.69) is 0 Å². The normalized spacial score (nSPS) is 17.6. The third kappa shape index (κ3) is 2.05. The van der Waals surface area contributed by atoms with Crippen molar-refractivity contribution in [3.8, 4) is 0 Å². The number of fused-ring (bicyclic) bond motifs is 1. The summed E-state index contributed by atoms with van der Waals surface area (Å²) in [7, 11) is 0. The number of hydrogen-bond acceptors (Lipinski definition) is 2. The molecule has 0 heterocycles. The molecule has 0 spiro atoms. The van der Waals surface area contributed by atoms with E-state index >= 15 is 0 Å². The van der Waals surface area contributed by atoms with Crippen LogP contribution in [0.15, 0.2) is 47.3 Å². The zero-order valence-electron chi connectivity index (χ0n) is 11.2. The monoisotopic (exact) mass is 258 g/mol. The van der Waals surface area contributed by atoms with Crippen molar-refractivity contribution in [2.75, 3.05) is 0 Å². The van der Waals surface area contributed by atoms with Gasteiger partial charge in [-0.2, -0.15) is 0 Å². The fourth-order valence-corrected chi connectivity index (χ4v) is 2.43. The summed E-state index contributed by atoms with van der Waals surface area (Å²) in [5, 5.41) is 0. The van der Waals surface area contributed by atoms with E-state index in [1.807, 2.05) is 0 Å². The van der Waals surface area contributed by atoms with E-state index in [1.54, 1.807) is 45.0 Å². The Labute approximate surface area is 111 Å². The zero-order valence-corrected chi connectivity index (χ0v) is 11.2. The molecule has 0 radical (unpaired) electrons. The number of benzene rings is 1. The fourth-order valence-electron chi connectivity index (χ4n) is 2.43. The molecule has 3 heteroatoms. The van der Waals surface area contributed by atoms with E-state index in [-0.39, 0.29) is 17.1 Å². The first-order valence-electron chi connectivity index (χ1n) is 6.20. The summed E-state index contributed by atoms with van der Waals surface area (Å²) < 4.78 is 13.7. The Morgan fingerprint density at radius 1 is 1.16 bits per heavy atom. The molecule has 1 aliphatic carbocycles. The zero-order chi connectivity index (χ0) is 14.2. The molecule has 0 aromatic heterocycles. The van der Waals surface area contributed by atoms with Gasteiger partial charge in [-0.3, -0.25) is 9.59 Å². The summed E-state index contributed by atoms with van der Waals surface area (Å²) in [5.74, 6) is -1.53. The molecule has 0 bridgehead atoms. The molecule has 0 aliphatic heterocycles. The molecule has 1 aromatic carbocycles. The van der Waals surface area contributed by atoms with Crippen molar-refractivity contribution < 1.29 is 14.0 Å². The molecule has 1 aromatic rings. The number of halogens is 1. The Hall–Kier alpha value is -2.03. The molecule has 2 nitrogen and oxygen atoms in total. The molecule has 0 saturated heterocycles. The second-order valence-electron chi connectivity index (χ2n) is 4.64. The number of carbonyl (C=O) groups is 2. The van der Waals surface area contributed by atoms with Crippen molar-refractivity contribution >= 4 is 11.6 Å². The van der Waals surface area contributed by atoms with Gasteiger partial charge < -0.3 is 0 Å². The predicted molar refractivity (Wildman–Crippen MR) is 71.8 cm³/mol. The molecule has 2 rings (SSSR count).